The number of aromatic nitrogens is 4. The van der Waals surface area contributed by atoms with Crippen molar-refractivity contribution in [2.45, 2.75) is 56.5 Å². The molecule has 1 saturated heterocycles. The van der Waals surface area contributed by atoms with Gasteiger partial charge in [0, 0.05) is 24.6 Å². The fraction of sp³-hybridized carbons (Fsp3) is 0.500. The maximum Gasteiger partial charge on any atom is 0.362 e. The van der Waals surface area contributed by atoms with Crippen LogP contribution >= 0.6 is 11.3 Å². The van der Waals surface area contributed by atoms with Gasteiger partial charge < -0.3 is 32.0 Å². The molecule has 1 aliphatic heterocycles. The average Bonchev–Trinajstić information content (AvgIpc) is 3.37. The molecule has 21 heteroatoms. The molecular formula is C20H26N10O9S2. The Bertz CT molecular complexity index is 1480. The SMILES string of the molecule is NCCCC(=O)NCc1cnn(CC2C(NC(=O)/C(=N\OC3(C(=O)O)CC3)c3csc(N)n3)C(=O)N2S(=O)(=O)O)n1. The highest BCUT2D eigenvalue weighted by Gasteiger charge is 2.56. The Balaban J connectivity index is 1.50. The molecule has 2 unspecified atom stereocenters. The van der Waals surface area contributed by atoms with Crippen LogP contribution in [0.25, 0.3) is 0 Å². The van der Waals surface area contributed by atoms with E-state index in [0.29, 0.717) is 18.7 Å². The summed E-state index contributed by atoms with van der Waals surface area (Å²) in [5, 5.41) is 27.5. The second kappa shape index (κ2) is 11.7. The third kappa shape index (κ3) is 6.75. The summed E-state index contributed by atoms with van der Waals surface area (Å²) in [6.07, 6.45) is 2.34. The first-order valence-electron chi connectivity index (χ1n) is 12.0. The van der Waals surface area contributed by atoms with Gasteiger partial charge in [-0.25, -0.2) is 14.1 Å². The molecule has 41 heavy (non-hydrogen) atoms. The van der Waals surface area contributed by atoms with Gasteiger partial charge in [-0.2, -0.15) is 23.4 Å². The number of hydrogen-bond donors (Lipinski definition) is 6. The van der Waals surface area contributed by atoms with Crippen LogP contribution in [0.15, 0.2) is 16.7 Å². The molecule has 4 rings (SSSR count). The molecule has 2 aromatic rings. The second-order valence-corrected chi connectivity index (χ2v) is 11.3. The highest BCUT2D eigenvalue weighted by atomic mass is 32.2. The molecule has 1 aliphatic carbocycles. The summed E-state index contributed by atoms with van der Waals surface area (Å²) in [5.74, 6) is -3.75. The fourth-order valence-electron chi connectivity index (χ4n) is 3.75. The third-order valence-corrected chi connectivity index (χ3v) is 7.72. The number of nitrogens with two attached hydrogens (primary N) is 2. The smallest absolute Gasteiger partial charge is 0.362 e. The average molecular weight is 615 g/mol. The van der Waals surface area contributed by atoms with Crippen molar-refractivity contribution in [3.05, 3.63) is 23.0 Å². The van der Waals surface area contributed by atoms with Crippen LogP contribution in [0, 0.1) is 0 Å². The van der Waals surface area contributed by atoms with E-state index in [-0.39, 0.29) is 53.4 Å². The van der Waals surface area contributed by atoms with Crippen molar-refractivity contribution in [3.8, 4) is 0 Å². The zero-order chi connectivity index (χ0) is 29.9. The number of carbonyl (C=O) groups is 4. The molecule has 2 fully saturated rings. The van der Waals surface area contributed by atoms with Crippen molar-refractivity contribution in [2.24, 2.45) is 10.9 Å². The van der Waals surface area contributed by atoms with E-state index in [0.717, 1.165) is 16.1 Å². The van der Waals surface area contributed by atoms with Crippen LogP contribution in [0.2, 0.25) is 0 Å². The van der Waals surface area contributed by atoms with E-state index in [2.05, 4.69) is 31.0 Å². The summed E-state index contributed by atoms with van der Waals surface area (Å²) in [6, 6.07) is -2.86. The molecule has 0 spiro atoms. The summed E-state index contributed by atoms with van der Waals surface area (Å²) in [6.45, 7) is -0.0110. The van der Waals surface area contributed by atoms with Crippen LogP contribution in [-0.2, 0) is 47.4 Å². The number of anilines is 1. The topological polar surface area (TPSA) is 287 Å². The van der Waals surface area contributed by atoms with E-state index in [1.165, 1.54) is 11.6 Å². The van der Waals surface area contributed by atoms with Gasteiger partial charge in [0.25, 0.3) is 11.8 Å². The normalized spacial score (nSPS) is 19.8. The number of nitrogens with zero attached hydrogens (tertiary/aromatic N) is 6. The van der Waals surface area contributed by atoms with E-state index < -0.39 is 51.5 Å². The number of carboxylic acids is 1. The molecule has 0 aromatic carbocycles. The van der Waals surface area contributed by atoms with Gasteiger partial charge in [0.2, 0.25) is 11.5 Å². The summed E-state index contributed by atoms with van der Waals surface area (Å²) in [7, 11) is -5.03. The lowest BCUT2D eigenvalue weighted by Crippen LogP contribution is -2.73. The lowest BCUT2D eigenvalue weighted by Gasteiger charge is -2.43. The predicted molar refractivity (Wildman–Crippen MR) is 138 cm³/mol. The number of carbonyl (C=O) groups excluding carboxylic acids is 3. The molecule has 19 nitrogen and oxygen atoms in total. The maximum atomic E-state index is 13.2. The van der Waals surface area contributed by atoms with Gasteiger partial charge in [-0.3, -0.25) is 18.9 Å². The Labute approximate surface area is 235 Å². The largest absolute Gasteiger partial charge is 0.478 e. The Morgan fingerprint density at radius 2 is 2.05 bits per heavy atom. The van der Waals surface area contributed by atoms with Gasteiger partial charge in [0.1, 0.15) is 23.5 Å². The third-order valence-electron chi connectivity index (χ3n) is 6.10. The van der Waals surface area contributed by atoms with Crippen LogP contribution in [0.3, 0.4) is 0 Å². The quantitative estimate of drug-likeness (QED) is 0.0543. The van der Waals surface area contributed by atoms with E-state index in [4.69, 9.17) is 16.3 Å². The zero-order valence-corrected chi connectivity index (χ0v) is 22.8. The summed E-state index contributed by atoms with van der Waals surface area (Å²) in [4.78, 5) is 59.2. The van der Waals surface area contributed by atoms with Gasteiger partial charge >= 0.3 is 16.3 Å². The van der Waals surface area contributed by atoms with Crippen LogP contribution in [0.5, 0.6) is 0 Å². The second-order valence-electron chi connectivity index (χ2n) is 9.09. The number of carboxylic acid groups (broad SMARTS) is 1. The van der Waals surface area contributed by atoms with Crippen molar-refractivity contribution in [1.82, 2.24) is 34.9 Å². The Kier molecular flexibility index (Phi) is 8.51. The van der Waals surface area contributed by atoms with Crippen LogP contribution in [0.4, 0.5) is 5.13 Å². The molecule has 222 valence electrons. The van der Waals surface area contributed by atoms with Crippen molar-refractivity contribution in [1.29, 1.82) is 0 Å². The molecule has 2 atom stereocenters. The first kappa shape index (κ1) is 29.8. The number of oxime groups is 1. The lowest BCUT2D eigenvalue weighted by molar-refractivity contribution is -0.153. The number of aliphatic carboxylic acids is 1. The zero-order valence-electron chi connectivity index (χ0n) is 21.2. The van der Waals surface area contributed by atoms with Gasteiger partial charge in [0.05, 0.1) is 19.3 Å². The summed E-state index contributed by atoms with van der Waals surface area (Å²) >= 11 is 0.957. The van der Waals surface area contributed by atoms with E-state index in [9.17, 15) is 37.3 Å². The first-order chi connectivity index (χ1) is 19.3. The molecule has 3 heterocycles. The Morgan fingerprint density at radius 3 is 2.63 bits per heavy atom. The van der Waals surface area contributed by atoms with Gasteiger partial charge in [0.15, 0.2) is 10.8 Å². The molecule has 1 saturated carbocycles. The molecule has 2 aromatic heterocycles. The predicted octanol–water partition coefficient (Wildman–Crippen LogP) is -2.79. The van der Waals surface area contributed by atoms with Crippen LogP contribution in [0.1, 0.15) is 37.1 Å². The van der Waals surface area contributed by atoms with Crippen molar-refractivity contribution >= 4 is 56.2 Å². The lowest BCUT2D eigenvalue weighted by atomic mass is 9.98. The minimum atomic E-state index is -5.03. The number of nitrogen functional groups attached to an aromatic ring is 1. The Morgan fingerprint density at radius 1 is 1.32 bits per heavy atom. The highest BCUT2D eigenvalue weighted by molar-refractivity contribution is 7.84. The van der Waals surface area contributed by atoms with Crippen molar-refractivity contribution in [3.63, 3.8) is 0 Å². The highest BCUT2D eigenvalue weighted by Crippen LogP contribution is 2.40. The molecule has 0 radical (unpaired) electrons. The van der Waals surface area contributed by atoms with Crippen molar-refractivity contribution < 1.29 is 42.1 Å². The van der Waals surface area contributed by atoms with E-state index in [1.807, 2.05) is 0 Å². The molecule has 0 bridgehead atoms. The molecule has 8 N–H and O–H groups in total. The fourth-order valence-corrected chi connectivity index (χ4v) is 5.17. The number of β-lactam (4-membered cyclic amide) rings is 1. The van der Waals surface area contributed by atoms with E-state index >= 15 is 0 Å². The number of nitrogens with one attached hydrogen (secondary N) is 2. The summed E-state index contributed by atoms with van der Waals surface area (Å²) in [5.41, 5.74) is 9.15. The van der Waals surface area contributed by atoms with Crippen LogP contribution in [-0.4, -0.2) is 96.0 Å². The Hall–Kier alpha value is -4.21. The molecular weight excluding hydrogens is 588 g/mol. The number of hydrogen-bond acceptors (Lipinski definition) is 14. The minimum Gasteiger partial charge on any atom is -0.478 e. The van der Waals surface area contributed by atoms with Crippen LogP contribution < -0.4 is 22.1 Å². The molecule has 2 aliphatic rings. The van der Waals surface area contributed by atoms with Crippen molar-refractivity contribution in [2.75, 3.05) is 12.3 Å². The van der Waals surface area contributed by atoms with Gasteiger partial charge in [-0.15, -0.1) is 11.3 Å². The summed E-state index contributed by atoms with van der Waals surface area (Å²) < 4.78 is 33.5. The monoisotopic (exact) mass is 614 g/mol. The minimum absolute atomic E-state index is 0.0175. The first-order valence-corrected chi connectivity index (χ1v) is 14.3. The molecule has 3 amide bonds. The number of amides is 3. The van der Waals surface area contributed by atoms with E-state index in [1.54, 1.807) is 0 Å². The standard InChI is InChI=1S/C20H26N10O9S2/c21-5-1-2-13(31)23-6-10-7-24-29(27-10)8-12-15(17(33)30(12)41(36,37)38)26-16(32)14(11-9-40-19(22)25-11)28-39-20(3-4-20)18(34)35/h7,9,12,15H,1-6,8,21H2,(H2,22,25)(H,23,31)(H,26,32)(H,34,35)(H,36,37,38)/b28-14-. The van der Waals surface area contributed by atoms with Gasteiger partial charge in [-0.1, -0.05) is 5.16 Å². The maximum absolute atomic E-state index is 13.2. The number of rotatable bonds is 14. The van der Waals surface area contributed by atoms with Gasteiger partial charge in [-0.05, 0) is 13.0 Å². The number of thiazole rings is 1.